The second kappa shape index (κ2) is 9.32. The number of carbonyl (C=O) groups is 1. The van der Waals surface area contributed by atoms with E-state index in [-0.39, 0.29) is 5.91 Å². The van der Waals surface area contributed by atoms with Crippen LogP contribution in [0.5, 0.6) is 5.75 Å². The van der Waals surface area contributed by atoms with Gasteiger partial charge in [0.15, 0.2) is 0 Å². The number of amides is 1. The minimum absolute atomic E-state index is 0.0191. The molecule has 1 aromatic carbocycles. The molecule has 2 aromatic rings. The van der Waals surface area contributed by atoms with E-state index in [1.165, 1.54) is 32.1 Å². The summed E-state index contributed by atoms with van der Waals surface area (Å²) in [6.07, 6.45) is 6.26. The Labute approximate surface area is 178 Å². The number of benzene rings is 1. The molecule has 1 aliphatic carbocycles. The van der Waals surface area contributed by atoms with Gasteiger partial charge >= 0.3 is 0 Å². The number of rotatable bonds is 5. The van der Waals surface area contributed by atoms with E-state index in [9.17, 15) is 4.79 Å². The lowest BCUT2D eigenvalue weighted by Gasteiger charge is -2.36. The molecule has 0 bridgehead atoms. The van der Waals surface area contributed by atoms with Crippen LogP contribution in [0, 0.1) is 6.92 Å². The largest absolute Gasteiger partial charge is 0.496 e. The molecule has 1 aliphatic heterocycles. The number of hydrogen-bond acceptors (Lipinski definition) is 6. The Morgan fingerprint density at radius 1 is 1.07 bits per heavy atom. The Kier molecular flexibility index (Phi) is 6.35. The minimum atomic E-state index is 0.0191. The average Bonchev–Trinajstić information content (AvgIpc) is 2.79. The molecule has 7 heteroatoms. The fourth-order valence-corrected chi connectivity index (χ4v) is 4.34. The molecule has 0 radical (unpaired) electrons. The summed E-state index contributed by atoms with van der Waals surface area (Å²) in [7, 11) is 1.60. The first-order valence-corrected chi connectivity index (χ1v) is 10.9. The second-order valence-corrected chi connectivity index (χ2v) is 8.15. The highest BCUT2D eigenvalue weighted by Gasteiger charge is 2.25. The van der Waals surface area contributed by atoms with Crippen LogP contribution in [0.2, 0.25) is 0 Å². The van der Waals surface area contributed by atoms with Gasteiger partial charge in [-0.2, -0.15) is 4.98 Å². The number of aryl methyl sites for hydroxylation is 1. The molecule has 0 unspecified atom stereocenters. The van der Waals surface area contributed by atoms with Crippen LogP contribution in [0.15, 0.2) is 30.3 Å². The molecule has 1 saturated carbocycles. The highest BCUT2D eigenvalue weighted by Crippen LogP contribution is 2.24. The molecule has 1 saturated heterocycles. The maximum atomic E-state index is 12.9. The molecular weight excluding hydrogens is 378 g/mol. The Morgan fingerprint density at radius 3 is 2.53 bits per heavy atom. The zero-order valence-electron chi connectivity index (χ0n) is 17.9. The van der Waals surface area contributed by atoms with E-state index >= 15 is 0 Å². The Hall–Kier alpha value is -2.83. The molecule has 1 N–H and O–H groups in total. The molecule has 2 heterocycles. The fourth-order valence-electron chi connectivity index (χ4n) is 4.34. The van der Waals surface area contributed by atoms with E-state index in [0.717, 1.165) is 30.5 Å². The first kappa shape index (κ1) is 20.4. The molecule has 0 spiro atoms. The molecular formula is C23H31N5O2. The van der Waals surface area contributed by atoms with Crippen LogP contribution >= 0.6 is 0 Å². The summed E-state index contributed by atoms with van der Waals surface area (Å²) in [6, 6.07) is 9.91. The average molecular weight is 410 g/mol. The molecule has 160 valence electrons. The van der Waals surface area contributed by atoms with Crippen LogP contribution in [0.3, 0.4) is 0 Å². The zero-order chi connectivity index (χ0) is 20.9. The van der Waals surface area contributed by atoms with Crippen LogP contribution in [0.25, 0.3) is 0 Å². The van der Waals surface area contributed by atoms with Crippen molar-refractivity contribution in [3.63, 3.8) is 0 Å². The highest BCUT2D eigenvalue weighted by molar-refractivity contribution is 5.97. The smallest absolute Gasteiger partial charge is 0.257 e. The summed E-state index contributed by atoms with van der Waals surface area (Å²) in [6.45, 7) is 4.83. The van der Waals surface area contributed by atoms with Crippen LogP contribution in [0.1, 0.15) is 48.2 Å². The number of piperazine rings is 1. The van der Waals surface area contributed by atoms with Crippen molar-refractivity contribution in [3.8, 4) is 5.75 Å². The lowest BCUT2D eigenvalue weighted by Crippen LogP contribution is -2.49. The van der Waals surface area contributed by atoms with Gasteiger partial charge in [-0.15, -0.1) is 0 Å². The third kappa shape index (κ3) is 4.66. The normalized spacial score (nSPS) is 17.7. The summed E-state index contributed by atoms with van der Waals surface area (Å²) in [5.74, 6) is 2.30. The fraction of sp³-hybridized carbons (Fsp3) is 0.522. The van der Waals surface area contributed by atoms with Gasteiger partial charge in [0, 0.05) is 44.0 Å². The number of ether oxygens (including phenoxy) is 1. The SMILES string of the molecule is COc1ccccc1C(=O)N1CCN(c2cc(C)nc(NC3CCCCC3)n2)CC1. The molecule has 1 amide bonds. The Bertz CT molecular complexity index is 874. The second-order valence-electron chi connectivity index (χ2n) is 8.15. The van der Waals surface area contributed by atoms with Crippen molar-refractivity contribution >= 4 is 17.7 Å². The van der Waals surface area contributed by atoms with Crippen LogP contribution in [0.4, 0.5) is 11.8 Å². The maximum Gasteiger partial charge on any atom is 0.257 e. The third-order valence-corrected chi connectivity index (χ3v) is 6.01. The number of para-hydroxylation sites is 1. The number of hydrogen-bond donors (Lipinski definition) is 1. The number of nitrogens with one attached hydrogen (secondary N) is 1. The Morgan fingerprint density at radius 2 is 1.80 bits per heavy atom. The lowest BCUT2D eigenvalue weighted by molar-refractivity contribution is 0.0743. The molecule has 1 aromatic heterocycles. The van der Waals surface area contributed by atoms with E-state index in [4.69, 9.17) is 9.72 Å². The molecule has 4 rings (SSSR count). The van der Waals surface area contributed by atoms with Gasteiger partial charge in [0.1, 0.15) is 11.6 Å². The number of methoxy groups -OCH3 is 1. The monoisotopic (exact) mass is 409 g/mol. The first-order valence-electron chi connectivity index (χ1n) is 10.9. The van der Waals surface area contributed by atoms with Crippen molar-refractivity contribution in [1.29, 1.82) is 0 Å². The molecule has 2 aliphatic rings. The number of aromatic nitrogens is 2. The summed E-state index contributed by atoms with van der Waals surface area (Å²) >= 11 is 0. The predicted octanol–water partition coefficient (Wildman–Crippen LogP) is 3.50. The standard InChI is InChI=1S/C23H31N5O2/c1-17-16-21(26-23(24-17)25-18-8-4-3-5-9-18)27-12-14-28(15-13-27)22(29)19-10-6-7-11-20(19)30-2/h6-7,10-11,16,18H,3-5,8-9,12-15H2,1-2H3,(H,24,25,26). The third-order valence-electron chi connectivity index (χ3n) is 6.01. The van der Waals surface area contributed by atoms with Gasteiger partial charge in [-0.1, -0.05) is 31.4 Å². The molecule has 2 fully saturated rings. The van der Waals surface area contributed by atoms with Gasteiger partial charge in [0.05, 0.1) is 12.7 Å². The summed E-state index contributed by atoms with van der Waals surface area (Å²) in [5, 5.41) is 3.54. The van der Waals surface area contributed by atoms with Crippen LogP contribution in [-0.2, 0) is 0 Å². The predicted molar refractivity (Wildman–Crippen MR) is 118 cm³/mol. The quantitative estimate of drug-likeness (QED) is 0.815. The summed E-state index contributed by atoms with van der Waals surface area (Å²) in [4.78, 5) is 26.5. The Balaban J connectivity index is 1.40. The minimum Gasteiger partial charge on any atom is -0.496 e. The van der Waals surface area contributed by atoms with Crippen molar-refractivity contribution < 1.29 is 9.53 Å². The van der Waals surface area contributed by atoms with Gasteiger partial charge in [-0.05, 0) is 31.9 Å². The van der Waals surface area contributed by atoms with Gasteiger partial charge in [-0.25, -0.2) is 4.98 Å². The maximum absolute atomic E-state index is 12.9. The lowest BCUT2D eigenvalue weighted by atomic mass is 9.96. The van der Waals surface area contributed by atoms with Gasteiger partial charge in [0.2, 0.25) is 5.95 Å². The number of anilines is 2. The molecule has 30 heavy (non-hydrogen) atoms. The van der Waals surface area contributed by atoms with Gasteiger partial charge < -0.3 is 19.9 Å². The summed E-state index contributed by atoms with van der Waals surface area (Å²) in [5.41, 5.74) is 1.58. The van der Waals surface area contributed by atoms with Crippen molar-refractivity contribution in [2.75, 3.05) is 43.5 Å². The van der Waals surface area contributed by atoms with Crippen molar-refractivity contribution in [1.82, 2.24) is 14.9 Å². The van der Waals surface area contributed by atoms with E-state index < -0.39 is 0 Å². The van der Waals surface area contributed by atoms with E-state index in [0.29, 0.717) is 30.4 Å². The van der Waals surface area contributed by atoms with Gasteiger partial charge in [0.25, 0.3) is 5.91 Å². The highest BCUT2D eigenvalue weighted by atomic mass is 16.5. The van der Waals surface area contributed by atoms with E-state index in [1.54, 1.807) is 7.11 Å². The number of carbonyl (C=O) groups excluding carboxylic acids is 1. The van der Waals surface area contributed by atoms with E-state index in [1.807, 2.05) is 42.2 Å². The summed E-state index contributed by atoms with van der Waals surface area (Å²) < 4.78 is 5.35. The van der Waals surface area contributed by atoms with E-state index in [2.05, 4.69) is 15.2 Å². The molecule has 0 atom stereocenters. The van der Waals surface area contributed by atoms with Gasteiger partial charge in [-0.3, -0.25) is 4.79 Å². The van der Waals surface area contributed by atoms with Crippen LogP contribution < -0.4 is 15.0 Å². The van der Waals surface area contributed by atoms with Crippen molar-refractivity contribution in [3.05, 3.63) is 41.6 Å². The topological polar surface area (TPSA) is 70.6 Å². The van der Waals surface area contributed by atoms with Crippen LogP contribution in [-0.4, -0.2) is 60.1 Å². The number of nitrogens with zero attached hydrogens (tertiary/aromatic N) is 4. The van der Waals surface area contributed by atoms with Crippen molar-refractivity contribution in [2.24, 2.45) is 0 Å². The molecule has 7 nitrogen and oxygen atoms in total. The first-order chi connectivity index (χ1) is 14.6. The van der Waals surface area contributed by atoms with Crippen molar-refractivity contribution in [2.45, 2.75) is 45.1 Å². The zero-order valence-corrected chi connectivity index (χ0v) is 17.9.